The van der Waals surface area contributed by atoms with E-state index in [1.54, 1.807) is 14.2 Å². The number of hydrogen-bond donors (Lipinski definition) is 0. The van der Waals surface area contributed by atoms with E-state index in [0.717, 1.165) is 33.9 Å². The standard InChI is InChI=1S/C24H28N2O3/c1-15(2)18-8-7-16(3)22(11-18)29-14-19-13-25-24(26-17(19)4)21-10-9-20(27-5)12-23(21)28-6/h7-13,15H,14H2,1-6H3. The zero-order valence-corrected chi connectivity index (χ0v) is 17.9. The number of nitrogens with zero attached hydrogens (tertiary/aromatic N) is 2. The Morgan fingerprint density at radius 3 is 2.38 bits per heavy atom. The third-order valence-electron chi connectivity index (χ3n) is 4.99. The number of hydrogen-bond acceptors (Lipinski definition) is 5. The Morgan fingerprint density at radius 2 is 1.72 bits per heavy atom. The van der Waals surface area contributed by atoms with Gasteiger partial charge in [-0.05, 0) is 49.1 Å². The first kappa shape index (κ1) is 20.6. The van der Waals surface area contributed by atoms with Crippen molar-refractivity contribution >= 4 is 0 Å². The first-order valence-corrected chi connectivity index (χ1v) is 9.71. The molecule has 0 fully saturated rings. The molecule has 0 radical (unpaired) electrons. The van der Waals surface area contributed by atoms with Crippen LogP contribution in [0.25, 0.3) is 11.4 Å². The number of rotatable bonds is 7. The van der Waals surface area contributed by atoms with Crippen molar-refractivity contribution in [2.75, 3.05) is 14.2 Å². The first-order chi connectivity index (χ1) is 13.9. The van der Waals surface area contributed by atoms with Gasteiger partial charge in [0.05, 0.1) is 19.8 Å². The van der Waals surface area contributed by atoms with Crippen LogP contribution in [0.1, 0.15) is 42.1 Å². The molecule has 5 heteroatoms. The molecule has 0 unspecified atom stereocenters. The average molecular weight is 392 g/mol. The number of benzene rings is 2. The molecule has 0 aliphatic rings. The quantitative estimate of drug-likeness (QED) is 0.533. The maximum atomic E-state index is 6.09. The lowest BCUT2D eigenvalue weighted by Gasteiger charge is -2.14. The number of aromatic nitrogens is 2. The van der Waals surface area contributed by atoms with Gasteiger partial charge in [0, 0.05) is 23.5 Å². The number of ether oxygens (including phenoxy) is 3. The molecule has 3 rings (SSSR count). The zero-order valence-electron chi connectivity index (χ0n) is 17.9. The van der Waals surface area contributed by atoms with Gasteiger partial charge in [-0.2, -0.15) is 0 Å². The predicted molar refractivity (Wildman–Crippen MR) is 115 cm³/mol. The molecule has 0 amide bonds. The van der Waals surface area contributed by atoms with Crippen molar-refractivity contribution in [3.8, 4) is 28.6 Å². The minimum Gasteiger partial charge on any atom is -0.497 e. The predicted octanol–water partition coefficient (Wildman–Crippen LogP) is 5.48. The summed E-state index contributed by atoms with van der Waals surface area (Å²) in [7, 11) is 3.25. The molecule has 1 heterocycles. The smallest absolute Gasteiger partial charge is 0.163 e. The normalized spacial score (nSPS) is 10.9. The fraction of sp³-hybridized carbons (Fsp3) is 0.333. The van der Waals surface area contributed by atoms with E-state index in [4.69, 9.17) is 14.2 Å². The van der Waals surface area contributed by atoms with Gasteiger partial charge in [-0.1, -0.05) is 26.0 Å². The molecule has 0 N–H and O–H groups in total. The van der Waals surface area contributed by atoms with Gasteiger partial charge in [-0.25, -0.2) is 9.97 Å². The molecule has 152 valence electrons. The largest absolute Gasteiger partial charge is 0.497 e. The lowest BCUT2D eigenvalue weighted by molar-refractivity contribution is 0.302. The Balaban J connectivity index is 1.81. The van der Waals surface area contributed by atoms with Crippen molar-refractivity contribution in [1.82, 2.24) is 9.97 Å². The molecule has 5 nitrogen and oxygen atoms in total. The molecule has 0 aliphatic carbocycles. The second kappa shape index (κ2) is 8.95. The monoisotopic (exact) mass is 392 g/mol. The SMILES string of the molecule is COc1ccc(-c2ncc(COc3cc(C(C)C)ccc3C)c(C)n2)c(OC)c1. The van der Waals surface area contributed by atoms with Gasteiger partial charge in [0.15, 0.2) is 5.82 Å². The molecule has 2 aromatic carbocycles. The Labute approximate surface area is 172 Å². The summed E-state index contributed by atoms with van der Waals surface area (Å²) in [5.74, 6) is 3.38. The average Bonchev–Trinajstić information content (AvgIpc) is 2.73. The first-order valence-electron chi connectivity index (χ1n) is 9.71. The molecule has 29 heavy (non-hydrogen) atoms. The molecule has 0 saturated carbocycles. The van der Waals surface area contributed by atoms with Gasteiger partial charge >= 0.3 is 0 Å². The summed E-state index contributed by atoms with van der Waals surface area (Å²) in [4.78, 5) is 9.22. The van der Waals surface area contributed by atoms with Gasteiger partial charge < -0.3 is 14.2 Å². The molecule has 3 aromatic rings. The van der Waals surface area contributed by atoms with E-state index in [9.17, 15) is 0 Å². The van der Waals surface area contributed by atoms with Crippen LogP contribution in [0, 0.1) is 13.8 Å². The summed E-state index contributed by atoms with van der Waals surface area (Å²) >= 11 is 0. The Hall–Kier alpha value is -3.08. The fourth-order valence-electron chi connectivity index (χ4n) is 3.03. The maximum Gasteiger partial charge on any atom is 0.163 e. The van der Waals surface area contributed by atoms with Gasteiger partial charge in [-0.3, -0.25) is 0 Å². The van der Waals surface area contributed by atoms with Gasteiger partial charge in [0.25, 0.3) is 0 Å². The van der Waals surface area contributed by atoms with Crippen molar-refractivity contribution < 1.29 is 14.2 Å². The lowest BCUT2D eigenvalue weighted by atomic mass is 10.0. The van der Waals surface area contributed by atoms with Crippen LogP contribution in [0.3, 0.4) is 0 Å². The van der Waals surface area contributed by atoms with E-state index in [2.05, 4.69) is 48.9 Å². The van der Waals surface area contributed by atoms with Gasteiger partial charge in [0.1, 0.15) is 23.9 Å². The van der Waals surface area contributed by atoms with Crippen LogP contribution in [0.15, 0.2) is 42.6 Å². The molecular weight excluding hydrogens is 364 g/mol. The summed E-state index contributed by atoms with van der Waals surface area (Å²) < 4.78 is 16.8. The lowest BCUT2D eigenvalue weighted by Crippen LogP contribution is -2.04. The van der Waals surface area contributed by atoms with Crippen molar-refractivity contribution in [1.29, 1.82) is 0 Å². The maximum absolute atomic E-state index is 6.09. The van der Waals surface area contributed by atoms with Crippen LogP contribution in [-0.4, -0.2) is 24.2 Å². The molecule has 0 aliphatic heterocycles. The highest BCUT2D eigenvalue weighted by Gasteiger charge is 2.13. The van der Waals surface area contributed by atoms with E-state index < -0.39 is 0 Å². The van der Waals surface area contributed by atoms with Crippen LogP contribution in [-0.2, 0) is 6.61 Å². The molecule has 0 bridgehead atoms. The van der Waals surface area contributed by atoms with E-state index in [-0.39, 0.29) is 0 Å². The summed E-state index contributed by atoms with van der Waals surface area (Å²) in [6.07, 6.45) is 1.82. The van der Waals surface area contributed by atoms with Crippen molar-refractivity contribution in [3.63, 3.8) is 0 Å². The van der Waals surface area contributed by atoms with E-state index in [1.165, 1.54) is 5.56 Å². The van der Waals surface area contributed by atoms with E-state index >= 15 is 0 Å². The number of methoxy groups -OCH3 is 2. The third kappa shape index (κ3) is 4.67. The molecular formula is C24H28N2O3. The highest BCUT2D eigenvalue weighted by molar-refractivity contribution is 5.66. The zero-order chi connectivity index (χ0) is 21.0. The summed E-state index contributed by atoms with van der Waals surface area (Å²) in [6.45, 7) is 8.81. The van der Waals surface area contributed by atoms with Crippen molar-refractivity contribution in [2.45, 2.75) is 40.2 Å². The van der Waals surface area contributed by atoms with Crippen LogP contribution in [0.5, 0.6) is 17.2 Å². The van der Waals surface area contributed by atoms with Gasteiger partial charge in [0.2, 0.25) is 0 Å². The van der Waals surface area contributed by atoms with Crippen LogP contribution >= 0.6 is 0 Å². The second-order valence-electron chi connectivity index (χ2n) is 7.34. The molecule has 0 saturated heterocycles. The van der Waals surface area contributed by atoms with Crippen LogP contribution < -0.4 is 14.2 Å². The van der Waals surface area contributed by atoms with Crippen molar-refractivity contribution in [3.05, 3.63) is 65.0 Å². The summed E-state index contributed by atoms with van der Waals surface area (Å²) in [5.41, 5.74) is 5.04. The Morgan fingerprint density at radius 1 is 0.931 bits per heavy atom. The summed E-state index contributed by atoms with van der Waals surface area (Å²) in [5, 5.41) is 0. The fourth-order valence-corrected chi connectivity index (χ4v) is 3.03. The molecule has 0 spiro atoms. The van der Waals surface area contributed by atoms with E-state index in [0.29, 0.717) is 24.1 Å². The van der Waals surface area contributed by atoms with Crippen molar-refractivity contribution in [2.24, 2.45) is 0 Å². The van der Waals surface area contributed by atoms with Gasteiger partial charge in [-0.15, -0.1) is 0 Å². The highest BCUT2D eigenvalue weighted by Crippen LogP contribution is 2.31. The van der Waals surface area contributed by atoms with Crippen LogP contribution in [0.4, 0.5) is 0 Å². The summed E-state index contributed by atoms with van der Waals surface area (Å²) in [6, 6.07) is 12.0. The molecule has 0 atom stereocenters. The second-order valence-corrected chi connectivity index (χ2v) is 7.34. The minimum atomic E-state index is 0.425. The number of aryl methyl sites for hydroxylation is 2. The third-order valence-corrected chi connectivity index (χ3v) is 4.99. The minimum absolute atomic E-state index is 0.425. The van der Waals surface area contributed by atoms with Crippen LogP contribution in [0.2, 0.25) is 0 Å². The Kier molecular flexibility index (Phi) is 6.37. The Bertz CT molecular complexity index is 999. The highest BCUT2D eigenvalue weighted by atomic mass is 16.5. The van der Waals surface area contributed by atoms with E-state index in [1.807, 2.05) is 31.3 Å². The topological polar surface area (TPSA) is 53.5 Å². The molecule has 1 aromatic heterocycles.